The van der Waals surface area contributed by atoms with E-state index in [2.05, 4.69) is 10.1 Å². The van der Waals surface area contributed by atoms with E-state index in [1.807, 2.05) is 6.92 Å². The van der Waals surface area contributed by atoms with Crippen LogP contribution in [0.4, 0.5) is 0 Å². The molecule has 7 heteroatoms. The highest BCUT2D eigenvalue weighted by atomic mass is 35.5. The molecule has 0 aliphatic heterocycles. The Bertz CT molecular complexity index is 536. The van der Waals surface area contributed by atoms with Crippen LogP contribution in [0.25, 0.3) is 5.13 Å². The van der Waals surface area contributed by atoms with Gasteiger partial charge in [-0.2, -0.15) is 9.78 Å². The van der Waals surface area contributed by atoms with Gasteiger partial charge in [0.1, 0.15) is 10.7 Å². The molecule has 0 saturated carbocycles. The van der Waals surface area contributed by atoms with Crippen molar-refractivity contribution >= 4 is 28.9 Å². The Hall–Kier alpha value is -1.40. The van der Waals surface area contributed by atoms with Crippen molar-refractivity contribution in [2.24, 2.45) is 0 Å². The van der Waals surface area contributed by atoms with Gasteiger partial charge in [-0.25, -0.2) is 9.78 Å². The van der Waals surface area contributed by atoms with Crippen molar-refractivity contribution in [3.8, 4) is 5.13 Å². The van der Waals surface area contributed by atoms with Crippen LogP contribution in [-0.2, 0) is 6.42 Å². The molecule has 0 aliphatic rings. The maximum Gasteiger partial charge on any atom is 0.340 e. The summed E-state index contributed by atoms with van der Waals surface area (Å²) in [6.07, 6.45) is 3.02. The van der Waals surface area contributed by atoms with Crippen LogP contribution in [0, 0.1) is 0 Å². The monoisotopic (exact) mass is 271 g/mol. The van der Waals surface area contributed by atoms with E-state index in [9.17, 15) is 4.79 Å². The second-order valence-corrected chi connectivity index (χ2v) is 4.63. The summed E-state index contributed by atoms with van der Waals surface area (Å²) in [6, 6.07) is 0. The fraction of sp³-hybridized carbons (Fsp3) is 0.300. The SMILES string of the molecule is CCCc1nn(-c2nccs2)c(Cl)c1C(=O)O. The Labute approximate surface area is 107 Å². The Morgan fingerprint density at radius 1 is 1.65 bits per heavy atom. The summed E-state index contributed by atoms with van der Waals surface area (Å²) in [5.74, 6) is -1.05. The first kappa shape index (κ1) is 12.1. The topological polar surface area (TPSA) is 68.0 Å². The molecule has 0 saturated heterocycles. The van der Waals surface area contributed by atoms with Gasteiger partial charge in [-0.1, -0.05) is 24.9 Å². The molecule has 0 amide bonds. The van der Waals surface area contributed by atoms with Crippen LogP contribution in [0.15, 0.2) is 11.6 Å². The molecule has 5 nitrogen and oxygen atoms in total. The van der Waals surface area contributed by atoms with Gasteiger partial charge in [-0.15, -0.1) is 11.3 Å². The number of carboxylic acid groups (broad SMARTS) is 1. The molecule has 0 unspecified atom stereocenters. The molecule has 1 N–H and O–H groups in total. The van der Waals surface area contributed by atoms with Gasteiger partial charge in [0, 0.05) is 11.6 Å². The molecule has 0 aliphatic carbocycles. The van der Waals surface area contributed by atoms with Crippen LogP contribution >= 0.6 is 22.9 Å². The Kier molecular flexibility index (Phi) is 3.44. The van der Waals surface area contributed by atoms with Crippen LogP contribution in [0.5, 0.6) is 0 Å². The molecule has 0 spiro atoms. The number of thiazole rings is 1. The minimum Gasteiger partial charge on any atom is -0.478 e. The first-order valence-electron chi connectivity index (χ1n) is 5.05. The summed E-state index contributed by atoms with van der Waals surface area (Å²) in [5, 5.41) is 15.8. The number of hydrogen-bond acceptors (Lipinski definition) is 4. The number of aromatic carboxylic acids is 1. The van der Waals surface area contributed by atoms with Gasteiger partial charge in [-0.05, 0) is 6.42 Å². The number of aryl methyl sites for hydroxylation is 1. The van der Waals surface area contributed by atoms with Gasteiger partial charge < -0.3 is 5.11 Å². The fourth-order valence-corrected chi connectivity index (χ4v) is 2.47. The summed E-state index contributed by atoms with van der Waals surface area (Å²) in [6.45, 7) is 1.96. The molecule has 0 aromatic carbocycles. The Morgan fingerprint density at radius 3 is 2.94 bits per heavy atom. The number of rotatable bonds is 4. The third-order valence-corrected chi connectivity index (χ3v) is 3.30. The van der Waals surface area contributed by atoms with Crippen LogP contribution in [0.3, 0.4) is 0 Å². The average molecular weight is 272 g/mol. The largest absolute Gasteiger partial charge is 0.478 e. The lowest BCUT2D eigenvalue weighted by Gasteiger charge is -1.95. The van der Waals surface area contributed by atoms with E-state index in [4.69, 9.17) is 16.7 Å². The summed E-state index contributed by atoms with van der Waals surface area (Å²) >= 11 is 7.39. The maximum absolute atomic E-state index is 11.1. The number of carbonyl (C=O) groups is 1. The highest BCUT2D eigenvalue weighted by molar-refractivity contribution is 7.12. The highest BCUT2D eigenvalue weighted by Gasteiger charge is 2.23. The molecule has 2 rings (SSSR count). The molecule has 0 fully saturated rings. The maximum atomic E-state index is 11.1. The molecule has 2 aromatic heterocycles. The summed E-state index contributed by atoms with van der Waals surface area (Å²) in [5.41, 5.74) is 0.573. The van der Waals surface area contributed by atoms with E-state index in [1.165, 1.54) is 16.0 Å². The second-order valence-electron chi connectivity index (χ2n) is 3.39. The number of halogens is 1. The minimum atomic E-state index is -1.05. The molecule has 0 atom stereocenters. The minimum absolute atomic E-state index is 0.0729. The van der Waals surface area contributed by atoms with Crippen LogP contribution in [0.1, 0.15) is 29.4 Å². The second kappa shape index (κ2) is 4.85. The van der Waals surface area contributed by atoms with Gasteiger partial charge >= 0.3 is 5.97 Å². The van der Waals surface area contributed by atoms with Gasteiger partial charge in [0.05, 0.1) is 5.69 Å². The van der Waals surface area contributed by atoms with Crippen molar-refractivity contribution in [2.45, 2.75) is 19.8 Å². The Balaban J connectivity index is 2.56. The van der Waals surface area contributed by atoms with E-state index >= 15 is 0 Å². The van der Waals surface area contributed by atoms with Gasteiger partial charge in [-0.3, -0.25) is 0 Å². The lowest BCUT2D eigenvalue weighted by atomic mass is 10.2. The van der Waals surface area contributed by atoms with Crippen molar-refractivity contribution in [1.82, 2.24) is 14.8 Å². The predicted octanol–water partition coefficient (Wildman–Crippen LogP) is 2.63. The Morgan fingerprint density at radius 2 is 2.41 bits per heavy atom. The molecule has 90 valence electrons. The van der Waals surface area contributed by atoms with Crippen molar-refractivity contribution in [3.05, 3.63) is 28.0 Å². The average Bonchev–Trinajstić information content (AvgIpc) is 2.86. The van der Waals surface area contributed by atoms with Crippen LogP contribution in [-0.4, -0.2) is 25.8 Å². The molecule has 0 bridgehead atoms. The lowest BCUT2D eigenvalue weighted by molar-refractivity contribution is 0.0696. The number of aromatic nitrogens is 3. The molecular formula is C10H10ClN3O2S. The van der Waals surface area contributed by atoms with E-state index < -0.39 is 5.97 Å². The third kappa shape index (κ3) is 2.18. The van der Waals surface area contributed by atoms with Crippen molar-refractivity contribution in [2.75, 3.05) is 0 Å². The van der Waals surface area contributed by atoms with Crippen molar-refractivity contribution < 1.29 is 9.90 Å². The first-order valence-corrected chi connectivity index (χ1v) is 6.31. The van der Waals surface area contributed by atoms with Gasteiger partial charge in [0.25, 0.3) is 0 Å². The number of carboxylic acids is 1. The zero-order chi connectivity index (χ0) is 12.4. The van der Waals surface area contributed by atoms with E-state index in [0.29, 0.717) is 17.2 Å². The van der Waals surface area contributed by atoms with E-state index in [1.54, 1.807) is 11.6 Å². The first-order chi connectivity index (χ1) is 8.15. The smallest absolute Gasteiger partial charge is 0.340 e. The van der Waals surface area contributed by atoms with Crippen LogP contribution in [0.2, 0.25) is 5.15 Å². The summed E-state index contributed by atoms with van der Waals surface area (Å²) < 4.78 is 1.38. The highest BCUT2D eigenvalue weighted by Crippen LogP contribution is 2.25. The lowest BCUT2D eigenvalue weighted by Crippen LogP contribution is -2.00. The van der Waals surface area contributed by atoms with Crippen molar-refractivity contribution in [3.63, 3.8) is 0 Å². The number of hydrogen-bond donors (Lipinski definition) is 1. The standard InChI is InChI=1S/C10H10ClN3O2S/c1-2-3-6-7(9(15)16)8(11)14(13-6)10-12-4-5-17-10/h4-5H,2-3H2,1H3,(H,15,16). The molecule has 2 heterocycles. The third-order valence-electron chi connectivity index (χ3n) is 2.20. The molecule has 0 radical (unpaired) electrons. The summed E-state index contributed by atoms with van der Waals surface area (Å²) in [4.78, 5) is 15.2. The zero-order valence-corrected chi connectivity index (χ0v) is 10.6. The summed E-state index contributed by atoms with van der Waals surface area (Å²) in [7, 11) is 0. The fourth-order valence-electron chi connectivity index (χ4n) is 1.51. The zero-order valence-electron chi connectivity index (χ0n) is 9.05. The quantitative estimate of drug-likeness (QED) is 0.928. The van der Waals surface area contributed by atoms with Gasteiger partial charge in [0.2, 0.25) is 5.13 Å². The van der Waals surface area contributed by atoms with Crippen molar-refractivity contribution in [1.29, 1.82) is 0 Å². The molecular weight excluding hydrogens is 262 g/mol. The molecule has 2 aromatic rings. The normalized spacial score (nSPS) is 10.7. The van der Waals surface area contributed by atoms with Crippen LogP contribution < -0.4 is 0 Å². The van der Waals surface area contributed by atoms with Gasteiger partial charge in [0.15, 0.2) is 0 Å². The molecule has 17 heavy (non-hydrogen) atoms. The van der Waals surface area contributed by atoms with E-state index in [0.717, 1.165) is 6.42 Å². The predicted molar refractivity (Wildman–Crippen MR) is 65.2 cm³/mol. The number of nitrogens with zero attached hydrogens (tertiary/aromatic N) is 3. The van der Waals surface area contributed by atoms with E-state index in [-0.39, 0.29) is 10.7 Å².